The fraction of sp³-hybridized carbons (Fsp3) is 0.364. The molecule has 0 fully saturated rings. The molecule has 0 aliphatic carbocycles. The van der Waals surface area contributed by atoms with E-state index in [1.165, 1.54) is 0 Å². The molecule has 0 radical (unpaired) electrons. The summed E-state index contributed by atoms with van der Waals surface area (Å²) in [5.41, 5.74) is 0.651. The third-order valence-electron chi connectivity index (χ3n) is 4.90. The smallest absolute Gasteiger partial charge is 0.241 e. The molecule has 0 N–H and O–H groups in total. The van der Waals surface area contributed by atoms with Crippen molar-refractivity contribution in [3.05, 3.63) is 42.3 Å². The van der Waals surface area contributed by atoms with E-state index in [0.717, 1.165) is 11.5 Å². The number of ether oxygens (including phenoxy) is 5. The topological polar surface area (TPSA) is 88.3 Å². The minimum absolute atomic E-state index is 0.0896. The molecule has 2 aromatic carbocycles. The molecule has 9 nitrogen and oxygen atoms in total. The van der Waals surface area contributed by atoms with Crippen LogP contribution in [0.25, 0.3) is 11.4 Å². The number of rotatable bonds is 8. The Morgan fingerprint density at radius 1 is 1.00 bits per heavy atom. The van der Waals surface area contributed by atoms with Crippen molar-refractivity contribution in [2.24, 2.45) is 0 Å². The summed E-state index contributed by atoms with van der Waals surface area (Å²) in [6.45, 7) is 1.59. The van der Waals surface area contributed by atoms with Gasteiger partial charge in [0, 0.05) is 6.54 Å². The number of hydrogen-bond acceptors (Lipinski definition) is 9. The Morgan fingerprint density at radius 3 is 2.52 bits per heavy atom. The molecule has 1 aliphatic rings. The molecule has 9 heteroatoms. The summed E-state index contributed by atoms with van der Waals surface area (Å²) in [5, 5.41) is 4.11. The van der Waals surface area contributed by atoms with Gasteiger partial charge in [-0.2, -0.15) is 4.98 Å². The van der Waals surface area contributed by atoms with Crippen LogP contribution in [0, 0.1) is 0 Å². The normalized spacial score (nSPS) is 15.1. The van der Waals surface area contributed by atoms with Gasteiger partial charge >= 0.3 is 0 Å². The van der Waals surface area contributed by atoms with E-state index in [0.29, 0.717) is 54.2 Å². The standard InChI is InChI=1S/C22H25N3O6/c1-25(11-14-13-29-16-7-5-6-8-17(16)30-14)12-19-23-22(24-31-19)15-9-10-18(26-2)21(28-4)20(15)27-3/h5-10,14H,11-13H2,1-4H3. The second kappa shape index (κ2) is 9.13. The van der Waals surface area contributed by atoms with Crippen molar-refractivity contribution in [2.45, 2.75) is 12.6 Å². The van der Waals surface area contributed by atoms with Gasteiger partial charge in [-0.25, -0.2) is 0 Å². The predicted octanol–water partition coefficient (Wildman–Crippen LogP) is 3.03. The first-order chi connectivity index (χ1) is 15.1. The summed E-state index contributed by atoms with van der Waals surface area (Å²) in [4.78, 5) is 6.57. The highest BCUT2D eigenvalue weighted by Crippen LogP contribution is 2.43. The number of nitrogens with zero attached hydrogens (tertiary/aromatic N) is 3. The van der Waals surface area contributed by atoms with E-state index < -0.39 is 0 Å². The average Bonchev–Trinajstić information content (AvgIpc) is 3.25. The second-order valence-electron chi connectivity index (χ2n) is 7.09. The summed E-state index contributed by atoms with van der Waals surface area (Å²) in [6.07, 6.45) is -0.0896. The first-order valence-electron chi connectivity index (χ1n) is 9.82. The van der Waals surface area contributed by atoms with Crippen molar-refractivity contribution in [3.63, 3.8) is 0 Å². The number of aromatic nitrogens is 2. The first kappa shape index (κ1) is 20.8. The Hall–Kier alpha value is -3.46. The largest absolute Gasteiger partial charge is 0.493 e. The summed E-state index contributed by atoms with van der Waals surface area (Å²) >= 11 is 0. The van der Waals surface area contributed by atoms with Gasteiger partial charge in [0.2, 0.25) is 17.5 Å². The zero-order chi connectivity index (χ0) is 21.8. The van der Waals surface area contributed by atoms with E-state index in [1.807, 2.05) is 42.3 Å². The van der Waals surface area contributed by atoms with Gasteiger partial charge in [-0.3, -0.25) is 4.90 Å². The Balaban J connectivity index is 1.44. The minimum Gasteiger partial charge on any atom is -0.493 e. The molecule has 0 saturated carbocycles. The summed E-state index contributed by atoms with van der Waals surface area (Å²) in [5.74, 6) is 3.93. The molecule has 4 rings (SSSR count). The van der Waals surface area contributed by atoms with Crippen LogP contribution in [-0.4, -0.2) is 62.7 Å². The van der Waals surface area contributed by atoms with E-state index in [1.54, 1.807) is 27.4 Å². The van der Waals surface area contributed by atoms with Crippen LogP contribution >= 0.6 is 0 Å². The molecule has 2 heterocycles. The molecule has 1 aliphatic heterocycles. The number of hydrogen-bond donors (Lipinski definition) is 0. The maximum absolute atomic E-state index is 6.02. The Bertz CT molecular complexity index is 1040. The molecule has 0 saturated heterocycles. The summed E-state index contributed by atoms with van der Waals surface area (Å²) in [7, 11) is 6.64. The maximum atomic E-state index is 6.02. The monoisotopic (exact) mass is 427 g/mol. The van der Waals surface area contributed by atoms with E-state index in [4.69, 9.17) is 28.2 Å². The lowest BCUT2D eigenvalue weighted by molar-refractivity contribution is 0.0613. The van der Waals surface area contributed by atoms with Gasteiger partial charge in [0.1, 0.15) is 12.7 Å². The van der Waals surface area contributed by atoms with E-state index in [-0.39, 0.29) is 6.10 Å². The fourth-order valence-corrected chi connectivity index (χ4v) is 3.50. The molecule has 3 aromatic rings. The summed E-state index contributed by atoms with van der Waals surface area (Å²) < 4.78 is 33.5. The van der Waals surface area contributed by atoms with Gasteiger partial charge < -0.3 is 28.2 Å². The second-order valence-corrected chi connectivity index (χ2v) is 7.09. The molecule has 31 heavy (non-hydrogen) atoms. The average molecular weight is 427 g/mol. The SMILES string of the molecule is COc1ccc(-c2noc(CN(C)CC3COc4ccccc4O3)n2)c(OC)c1OC. The van der Waals surface area contributed by atoms with E-state index >= 15 is 0 Å². The number of para-hydroxylation sites is 2. The van der Waals surface area contributed by atoms with Gasteiger partial charge in [0.25, 0.3) is 0 Å². The molecular formula is C22H25N3O6. The van der Waals surface area contributed by atoms with Crippen molar-refractivity contribution in [3.8, 4) is 40.1 Å². The Morgan fingerprint density at radius 2 is 1.77 bits per heavy atom. The number of benzene rings is 2. The molecule has 1 atom stereocenters. The van der Waals surface area contributed by atoms with Gasteiger partial charge in [-0.15, -0.1) is 0 Å². The highest BCUT2D eigenvalue weighted by atomic mass is 16.6. The highest BCUT2D eigenvalue weighted by Gasteiger charge is 2.24. The molecule has 0 spiro atoms. The van der Waals surface area contributed by atoms with Gasteiger partial charge in [0.15, 0.2) is 23.0 Å². The minimum atomic E-state index is -0.0896. The van der Waals surface area contributed by atoms with Crippen molar-refractivity contribution in [2.75, 3.05) is 41.5 Å². The van der Waals surface area contributed by atoms with Crippen LogP contribution in [0.1, 0.15) is 5.89 Å². The zero-order valence-electron chi connectivity index (χ0n) is 18.0. The van der Waals surface area contributed by atoms with Crippen LogP contribution < -0.4 is 23.7 Å². The lowest BCUT2D eigenvalue weighted by Crippen LogP contribution is -2.39. The van der Waals surface area contributed by atoms with Crippen LogP contribution in [0.5, 0.6) is 28.7 Å². The number of likely N-dealkylation sites (N-methyl/N-ethyl adjacent to an activating group) is 1. The maximum Gasteiger partial charge on any atom is 0.241 e. The molecule has 0 amide bonds. The van der Waals surface area contributed by atoms with Crippen LogP contribution in [-0.2, 0) is 6.54 Å². The highest BCUT2D eigenvalue weighted by molar-refractivity contribution is 5.72. The molecule has 1 aromatic heterocycles. The van der Waals surface area contributed by atoms with Gasteiger partial charge in [-0.1, -0.05) is 17.3 Å². The van der Waals surface area contributed by atoms with E-state index in [2.05, 4.69) is 10.1 Å². The van der Waals surface area contributed by atoms with E-state index in [9.17, 15) is 0 Å². The fourth-order valence-electron chi connectivity index (χ4n) is 3.50. The van der Waals surface area contributed by atoms with Gasteiger partial charge in [0.05, 0.1) is 33.4 Å². The van der Waals surface area contributed by atoms with Crippen LogP contribution in [0.3, 0.4) is 0 Å². The summed E-state index contributed by atoms with van der Waals surface area (Å²) in [6, 6.07) is 11.2. The molecule has 1 unspecified atom stereocenters. The molecular weight excluding hydrogens is 402 g/mol. The van der Waals surface area contributed by atoms with Crippen LogP contribution in [0.2, 0.25) is 0 Å². The first-order valence-corrected chi connectivity index (χ1v) is 9.82. The molecule has 164 valence electrons. The quantitative estimate of drug-likeness (QED) is 0.538. The molecule has 0 bridgehead atoms. The third kappa shape index (κ3) is 4.36. The van der Waals surface area contributed by atoms with Crippen molar-refractivity contribution in [1.82, 2.24) is 15.0 Å². The van der Waals surface area contributed by atoms with Crippen molar-refractivity contribution >= 4 is 0 Å². The zero-order valence-corrected chi connectivity index (χ0v) is 18.0. The Labute approximate surface area is 180 Å². The van der Waals surface area contributed by atoms with Crippen molar-refractivity contribution < 1.29 is 28.2 Å². The number of fused-ring (bicyclic) bond motifs is 1. The Kier molecular flexibility index (Phi) is 6.13. The van der Waals surface area contributed by atoms with Gasteiger partial charge in [-0.05, 0) is 31.3 Å². The van der Waals surface area contributed by atoms with Crippen LogP contribution in [0.4, 0.5) is 0 Å². The third-order valence-corrected chi connectivity index (χ3v) is 4.90. The lowest BCUT2D eigenvalue weighted by Gasteiger charge is -2.29. The lowest BCUT2D eigenvalue weighted by atomic mass is 10.1. The van der Waals surface area contributed by atoms with Crippen LogP contribution in [0.15, 0.2) is 40.9 Å². The van der Waals surface area contributed by atoms with Crippen molar-refractivity contribution in [1.29, 1.82) is 0 Å². The predicted molar refractivity (Wildman–Crippen MR) is 112 cm³/mol. The number of methoxy groups -OCH3 is 3.